The Morgan fingerprint density at radius 3 is 2.23 bits per heavy atom. The molecule has 7 nitrogen and oxygen atoms in total. The van der Waals surface area contributed by atoms with E-state index in [4.69, 9.17) is 23.7 Å². The Bertz CT molecular complexity index is 1600. The first kappa shape index (κ1) is 24.7. The van der Waals surface area contributed by atoms with Crippen LogP contribution in [0, 0.1) is 6.92 Å². The zero-order valence-corrected chi connectivity index (χ0v) is 22.5. The van der Waals surface area contributed by atoms with Crippen LogP contribution in [-0.2, 0) is 12.2 Å². The Morgan fingerprint density at radius 2 is 1.55 bits per heavy atom. The molecule has 0 unspecified atom stereocenters. The van der Waals surface area contributed by atoms with Crippen molar-refractivity contribution in [2.45, 2.75) is 43.7 Å². The third kappa shape index (κ3) is 3.40. The summed E-state index contributed by atoms with van der Waals surface area (Å²) in [5, 5.41) is 23.0. The number of fused-ring (bicyclic) bond motifs is 8. The highest BCUT2D eigenvalue weighted by atomic mass is 16.7. The highest BCUT2D eigenvalue weighted by Gasteiger charge is 2.60. The second-order valence-corrected chi connectivity index (χ2v) is 10.5. The Balaban J connectivity index is 1.52. The summed E-state index contributed by atoms with van der Waals surface area (Å²) >= 11 is 0. The van der Waals surface area contributed by atoms with Gasteiger partial charge in [0.1, 0.15) is 46.7 Å². The van der Waals surface area contributed by atoms with E-state index >= 15 is 0 Å². The second kappa shape index (κ2) is 9.10. The van der Waals surface area contributed by atoms with E-state index in [0.717, 1.165) is 24.0 Å². The van der Waals surface area contributed by atoms with E-state index in [-0.39, 0.29) is 11.9 Å². The number of aliphatic hydroxyl groups is 1. The van der Waals surface area contributed by atoms with Crippen LogP contribution in [0.1, 0.15) is 51.8 Å². The van der Waals surface area contributed by atoms with E-state index in [2.05, 4.69) is 12.1 Å². The molecule has 7 rings (SSSR count). The number of aliphatic hydroxyl groups excluding tert-OH is 1. The van der Waals surface area contributed by atoms with Crippen molar-refractivity contribution in [3.05, 3.63) is 106 Å². The van der Waals surface area contributed by atoms with E-state index in [1.54, 1.807) is 27.2 Å². The maximum absolute atomic E-state index is 12.2. The minimum Gasteiger partial charge on any atom is -0.507 e. The van der Waals surface area contributed by atoms with Crippen molar-refractivity contribution in [3.8, 4) is 34.5 Å². The summed E-state index contributed by atoms with van der Waals surface area (Å²) in [6.45, 7) is 1.78. The van der Waals surface area contributed by atoms with Gasteiger partial charge in [-0.1, -0.05) is 60.7 Å². The van der Waals surface area contributed by atoms with Crippen LogP contribution in [0.3, 0.4) is 0 Å². The van der Waals surface area contributed by atoms with Gasteiger partial charge in [0.05, 0.1) is 20.1 Å². The summed E-state index contributed by atoms with van der Waals surface area (Å²) in [6.07, 6.45) is 0.175. The highest BCUT2D eigenvalue weighted by Crippen LogP contribution is 2.62. The minimum atomic E-state index is -1.58. The molecule has 0 fully saturated rings. The normalized spacial score (nSPS) is 23.9. The summed E-state index contributed by atoms with van der Waals surface area (Å²) in [6, 6.07) is 22.9. The molecule has 7 heteroatoms. The lowest BCUT2D eigenvalue weighted by atomic mass is 9.74. The van der Waals surface area contributed by atoms with Gasteiger partial charge in [0.25, 0.3) is 0 Å². The Kier molecular flexibility index (Phi) is 5.61. The van der Waals surface area contributed by atoms with Gasteiger partial charge in [0, 0.05) is 39.9 Å². The maximum atomic E-state index is 12.2. The third-order valence-corrected chi connectivity index (χ3v) is 8.38. The molecule has 0 saturated carbocycles. The number of methoxy groups -OCH3 is 2. The zero-order chi connectivity index (χ0) is 27.6. The fraction of sp³-hybridized carbons (Fsp3) is 0.273. The molecule has 0 radical (unpaired) electrons. The molecule has 0 saturated heterocycles. The lowest BCUT2D eigenvalue weighted by molar-refractivity contribution is -0.218. The standard InChI is InChI=1S/C33H30O7/c1-18-22(34)16-25-27(30(18)37-3)29-28-26(40-33(39-25,32(29)35)20-12-8-5-9-13-20)17-24(36-2)21-14-15-23(38-31(21)28)19-10-6-4-7-11-19/h4-13,16-17,23,29,32,34-35H,14-15H2,1-3H3/t23-,29+,32+,33-/m0/s1. The molecule has 4 aromatic rings. The molecule has 2 N–H and O–H groups in total. The van der Waals surface area contributed by atoms with E-state index in [1.165, 1.54) is 0 Å². The van der Waals surface area contributed by atoms with Crippen LogP contribution in [0.4, 0.5) is 0 Å². The molecule has 4 atom stereocenters. The topological polar surface area (TPSA) is 86.6 Å². The van der Waals surface area contributed by atoms with Crippen molar-refractivity contribution in [3.63, 3.8) is 0 Å². The molecule has 204 valence electrons. The van der Waals surface area contributed by atoms with E-state index < -0.39 is 17.8 Å². The van der Waals surface area contributed by atoms with Gasteiger partial charge >= 0.3 is 5.79 Å². The molecular formula is C33H30O7. The molecule has 2 bridgehead atoms. The molecule has 40 heavy (non-hydrogen) atoms. The fourth-order valence-electron chi connectivity index (χ4n) is 6.47. The van der Waals surface area contributed by atoms with Gasteiger partial charge in [-0.25, -0.2) is 0 Å². The molecule has 3 aliphatic heterocycles. The number of benzene rings is 4. The van der Waals surface area contributed by atoms with Crippen LogP contribution >= 0.6 is 0 Å². The average molecular weight is 539 g/mol. The van der Waals surface area contributed by atoms with Crippen LogP contribution in [0.15, 0.2) is 72.8 Å². The van der Waals surface area contributed by atoms with Gasteiger partial charge in [-0.15, -0.1) is 0 Å². The molecule has 0 spiro atoms. The molecule has 0 aromatic heterocycles. The number of phenols is 1. The molecular weight excluding hydrogens is 508 g/mol. The lowest BCUT2D eigenvalue weighted by Crippen LogP contribution is -2.57. The number of aromatic hydroxyl groups is 1. The number of hydrogen-bond acceptors (Lipinski definition) is 7. The summed E-state index contributed by atoms with van der Waals surface area (Å²) in [4.78, 5) is 0. The van der Waals surface area contributed by atoms with E-state index in [1.807, 2.05) is 54.6 Å². The summed E-state index contributed by atoms with van der Waals surface area (Å²) in [7, 11) is 3.19. The molecule has 3 aliphatic rings. The number of ether oxygens (including phenoxy) is 5. The number of rotatable bonds is 4. The number of hydrogen-bond donors (Lipinski definition) is 2. The van der Waals surface area contributed by atoms with Gasteiger partial charge in [0.2, 0.25) is 0 Å². The third-order valence-electron chi connectivity index (χ3n) is 8.38. The predicted octanol–water partition coefficient (Wildman–Crippen LogP) is 5.91. The van der Waals surface area contributed by atoms with Gasteiger partial charge < -0.3 is 33.9 Å². The van der Waals surface area contributed by atoms with Crippen LogP contribution in [0.25, 0.3) is 0 Å². The van der Waals surface area contributed by atoms with Gasteiger partial charge in [-0.05, 0) is 25.3 Å². The van der Waals surface area contributed by atoms with E-state index in [9.17, 15) is 10.2 Å². The fourth-order valence-corrected chi connectivity index (χ4v) is 6.47. The van der Waals surface area contributed by atoms with Crippen LogP contribution < -0.4 is 23.7 Å². The van der Waals surface area contributed by atoms with Gasteiger partial charge in [0.15, 0.2) is 0 Å². The van der Waals surface area contributed by atoms with Crippen molar-refractivity contribution < 1.29 is 33.9 Å². The maximum Gasteiger partial charge on any atom is 0.305 e. The lowest BCUT2D eigenvalue weighted by Gasteiger charge is -2.50. The number of phenolic OH excluding ortho intramolecular Hbond substituents is 1. The Hall–Kier alpha value is -4.36. The second-order valence-electron chi connectivity index (χ2n) is 10.5. The summed E-state index contributed by atoms with van der Waals surface area (Å²) < 4.78 is 31.7. The first-order valence-electron chi connectivity index (χ1n) is 13.4. The van der Waals surface area contributed by atoms with Crippen molar-refractivity contribution in [1.29, 1.82) is 0 Å². The first-order chi connectivity index (χ1) is 19.5. The van der Waals surface area contributed by atoms with E-state index in [0.29, 0.717) is 51.0 Å². The summed E-state index contributed by atoms with van der Waals surface area (Å²) in [5.74, 6) is 0.445. The SMILES string of the molecule is COc1cc2c(c3c1CC[C@@H](c1ccccc1)O3)[C@H]1c3c(cc(O)c(C)c3OC)O[C@@](c3ccccc3)(O2)[C@@H]1O. The highest BCUT2D eigenvalue weighted by molar-refractivity contribution is 5.69. The van der Waals surface area contributed by atoms with Crippen molar-refractivity contribution in [2.24, 2.45) is 0 Å². The van der Waals surface area contributed by atoms with Crippen molar-refractivity contribution in [1.82, 2.24) is 0 Å². The largest absolute Gasteiger partial charge is 0.507 e. The molecule has 0 aliphatic carbocycles. The first-order valence-corrected chi connectivity index (χ1v) is 13.4. The van der Waals surface area contributed by atoms with Crippen molar-refractivity contribution in [2.75, 3.05) is 14.2 Å². The minimum absolute atomic E-state index is 0.0330. The van der Waals surface area contributed by atoms with Crippen LogP contribution in [0.2, 0.25) is 0 Å². The zero-order valence-electron chi connectivity index (χ0n) is 22.5. The van der Waals surface area contributed by atoms with Crippen molar-refractivity contribution >= 4 is 0 Å². The predicted molar refractivity (Wildman–Crippen MR) is 148 cm³/mol. The monoisotopic (exact) mass is 538 g/mol. The molecule has 0 amide bonds. The molecule has 3 heterocycles. The Labute approximate surface area is 232 Å². The average Bonchev–Trinajstić information content (AvgIpc) is 2.99. The molecule has 4 aromatic carbocycles. The smallest absolute Gasteiger partial charge is 0.305 e. The van der Waals surface area contributed by atoms with Gasteiger partial charge in [-0.2, -0.15) is 0 Å². The van der Waals surface area contributed by atoms with Crippen LogP contribution in [-0.4, -0.2) is 30.5 Å². The van der Waals surface area contributed by atoms with Crippen LogP contribution in [0.5, 0.6) is 34.5 Å². The van der Waals surface area contributed by atoms with Gasteiger partial charge in [-0.3, -0.25) is 0 Å². The quantitative estimate of drug-likeness (QED) is 0.334. The Morgan fingerprint density at radius 1 is 0.875 bits per heavy atom. The summed E-state index contributed by atoms with van der Waals surface area (Å²) in [5.41, 5.74) is 4.55.